The van der Waals surface area contributed by atoms with Crippen LogP contribution < -0.4 is 15.2 Å². The standard InChI is InChI=1S/C14H23NO3/c1-10(6-11(8-15)9-16)13-7-12(17-2)4-5-14(13)18-3/h4-5,7,10-11,16H,6,8-9,15H2,1-3H3. The molecule has 0 aromatic heterocycles. The molecular formula is C14H23NO3. The Hall–Kier alpha value is -1.26. The van der Waals surface area contributed by atoms with Gasteiger partial charge in [-0.2, -0.15) is 0 Å². The summed E-state index contributed by atoms with van der Waals surface area (Å²) in [5, 5.41) is 9.21. The third-order valence-electron chi connectivity index (χ3n) is 3.25. The van der Waals surface area contributed by atoms with Crippen LogP contribution >= 0.6 is 0 Å². The molecule has 0 fully saturated rings. The molecule has 0 heterocycles. The fourth-order valence-electron chi connectivity index (χ4n) is 2.10. The maximum Gasteiger partial charge on any atom is 0.122 e. The minimum absolute atomic E-state index is 0.118. The highest BCUT2D eigenvalue weighted by molar-refractivity contribution is 5.42. The molecule has 1 rings (SSSR count). The molecular weight excluding hydrogens is 230 g/mol. The van der Waals surface area contributed by atoms with E-state index in [9.17, 15) is 5.11 Å². The molecule has 0 aliphatic carbocycles. The number of hydrogen-bond donors (Lipinski definition) is 2. The number of aliphatic hydroxyl groups is 1. The van der Waals surface area contributed by atoms with Gasteiger partial charge in [0.05, 0.1) is 14.2 Å². The van der Waals surface area contributed by atoms with Crippen LogP contribution in [-0.2, 0) is 0 Å². The van der Waals surface area contributed by atoms with Crippen LogP contribution in [0, 0.1) is 5.92 Å². The molecule has 0 saturated carbocycles. The average Bonchev–Trinajstić information content (AvgIpc) is 2.43. The van der Waals surface area contributed by atoms with Gasteiger partial charge in [0.1, 0.15) is 11.5 Å². The SMILES string of the molecule is COc1ccc(OC)c(C(C)CC(CN)CO)c1. The van der Waals surface area contributed by atoms with Crippen LogP contribution in [0.1, 0.15) is 24.8 Å². The quantitative estimate of drug-likeness (QED) is 0.777. The van der Waals surface area contributed by atoms with E-state index < -0.39 is 0 Å². The summed E-state index contributed by atoms with van der Waals surface area (Å²) in [7, 11) is 3.30. The first-order chi connectivity index (χ1) is 8.65. The Morgan fingerprint density at radius 1 is 1.28 bits per heavy atom. The summed E-state index contributed by atoms with van der Waals surface area (Å²) in [6.45, 7) is 2.72. The minimum atomic E-state index is 0.118. The van der Waals surface area contributed by atoms with Crippen molar-refractivity contribution in [2.24, 2.45) is 11.7 Å². The first-order valence-corrected chi connectivity index (χ1v) is 6.19. The number of hydrogen-bond acceptors (Lipinski definition) is 4. The van der Waals surface area contributed by atoms with Crippen LogP contribution in [0.5, 0.6) is 11.5 Å². The highest BCUT2D eigenvalue weighted by atomic mass is 16.5. The van der Waals surface area contributed by atoms with Gasteiger partial charge in [-0.15, -0.1) is 0 Å². The van der Waals surface area contributed by atoms with E-state index in [1.54, 1.807) is 14.2 Å². The van der Waals surface area contributed by atoms with E-state index in [2.05, 4.69) is 6.92 Å². The van der Waals surface area contributed by atoms with Gasteiger partial charge in [0.25, 0.3) is 0 Å². The van der Waals surface area contributed by atoms with Crippen molar-refractivity contribution in [2.45, 2.75) is 19.3 Å². The van der Waals surface area contributed by atoms with Crippen molar-refractivity contribution >= 4 is 0 Å². The van der Waals surface area contributed by atoms with Crippen LogP contribution in [-0.4, -0.2) is 32.5 Å². The van der Waals surface area contributed by atoms with Crippen molar-refractivity contribution in [1.29, 1.82) is 0 Å². The first-order valence-electron chi connectivity index (χ1n) is 6.19. The van der Waals surface area contributed by atoms with Gasteiger partial charge in [-0.25, -0.2) is 0 Å². The van der Waals surface area contributed by atoms with Crippen LogP contribution in [0.25, 0.3) is 0 Å². The Bertz CT molecular complexity index is 364. The van der Waals surface area contributed by atoms with Gasteiger partial charge in [0, 0.05) is 12.2 Å². The number of aliphatic hydroxyl groups excluding tert-OH is 1. The van der Waals surface area contributed by atoms with Crippen molar-refractivity contribution in [3.8, 4) is 11.5 Å². The predicted octanol–water partition coefficient (Wildman–Crippen LogP) is 1.76. The zero-order valence-corrected chi connectivity index (χ0v) is 11.3. The summed E-state index contributed by atoms with van der Waals surface area (Å²) in [6.07, 6.45) is 0.830. The molecule has 4 nitrogen and oxygen atoms in total. The predicted molar refractivity (Wildman–Crippen MR) is 72.2 cm³/mol. The Morgan fingerprint density at radius 3 is 2.50 bits per heavy atom. The summed E-state index contributed by atoms with van der Waals surface area (Å²) in [5.41, 5.74) is 6.71. The van der Waals surface area contributed by atoms with E-state index >= 15 is 0 Å². The number of nitrogens with two attached hydrogens (primary N) is 1. The van der Waals surface area contributed by atoms with Crippen LogP contribution in [0.15, 0.2) is 18.2 Å². The van der Waals surface area contributed by atoms with Gasteiger partial charge >= 0.3 is 0 Å². The van der Waals surface area contributed by atoms with Gasteiger partial charge in [-0.1, -0.05) is 6.92 Å². The fraction of sp³-hybridized carbons (Fsp3) is 0.571. The number of ether oxygens (including phenoxy) is 2. The Kier molecular flexibility index (Phi) is 5.95. The molecule has 4 heteroatoms. The summed E-state index contributed by atoms with van der Waals surface area (Å²) in [4.78, 5) is 0. The Balaban J connectivity index is 2.91. The summed E-state index contributed by atoms with van der Waals surface area (Å²) >= 11 is 0. The van der Waals surface area contributed by atoms with E-state index in [1.807, 2.05) is 18.2 Å². The molecule has 0 spiro atoms. The largest absolute Gasteiger partial charge is 0.497 e. The zero-order valence-electron chi connectivity index (χ0n) is 11.3. The Labute approximate surface area is 109 Å². The topological polar surface area (TPSA) is 64.7 Å². The Morgan fingerprint density at radius 2 is 2.00 bits per heavy atom. The second-order valence-electron chi connectivity index (χ2n) is 4.53. The first kappa shape index (κ1) is 14.8. The lowest BCUT2D eigenvalue weighted by molar-refractivity contribution is 0.216. The fourth-order valence-corrected chi connectivity index (χ4v) is 2.10. The molecule has 1 aromatic carbocycles. The van der Waals surface area contributed by atoms with E-state index in [0.717, 1.165) is 23.5 Å². The van der Waals surface area contributed by atoms with E-state index in [-0.39, 0.29) is 18.4 Å². The normalized spacial score (nSPS) is 14.1. The summed E-state index contributed by atoms with van der Waals surface area (Å²) in [6, 6.07) is 5.76. The van der Waals surface area contributed by atoms with Gasteiger partial charge in [0.2, 0.25) is 0 Å². The molecule has 0 bridgehead atoms. The van der Waals surface area contributed by atoms with Gasteiger partial charge in [-0.05, 0) is 43.0 Å². The molecule has 18 heavy (non-hydrogen) atoms. The molecule has 0 radical (unpaired) electrons. The molecule has 102 valence electrons. The molecule has 3 N–H and O–H groups in total. The highest BCUT2D eigenvalue weighted by Gasteiger charge is 2.17. The number of methoxy groups -OCH3 is 2. The summed E-state index contributed by atoms with van der Waals surface area (Å²) in [5.74, 6) is 2.04. The molecule has 0 amide bonds. The van der Waals surface area contributed by atoms with Gasteiger partial charge in [-0.3, -0.25) is 0 Å². The molecule has 1 aromatic rings. The maximum absolute atomic E-state index is 9.21. The lowest BCUT2D eigenvalue weighted by atomic mass is 9.90. The lowest BCUT2D eigenvalue weighted by Crippen LogP contribution is -2.20. The van der Waals surface area contributed by atoms with E-state index in [4.69, 9.17) is 15.2 Å². The second-order valence-corrected chi connectivity index (χ2v) is 4.53. The summed E-state index contributed by atoms with van der Waals surface area (Å²) < 4.78 is 10.6. The van der Waals surface area contributed by atoms with E-state index in [1.165, 1.54) is 0 Å². The average molecular weight is 253 g/mol. The van der Waals surface area contributed by atoms with Crippen molar-refractivity contribution in [3.05, 3.63) is 23.8 Å². The van der Waals surface area contributed by atoms with Crippen molar-refractivity contribution in [3.63, 3.8) is 0 Å². The van der Waals surface area contributed by atoms with Crippen LogP contribution in [0.4, 0.5) is 0 Å². The highest BCUT2D eigenvalue weighted by Crippen LogP contribution is 2.33. The smallest absolute Gasteiger partial charge is 0.122 e. The molecule has 0 aliphatic rings. The third-order valence-corrected chi connectivity index (χ3v) is 3.25. The molecule has 0 aliphatic heterocycles. The monoisotopic (exact) mass is 253 g/mol. The lowest BCUT2D eigenvalue weighted by Gasteiger charge is -2.20. The maximum atomic E-state index is 9.21. The zero-order chi connectivity index (χ0) is 13.5. The molecule has 2 unspecified atom stereocenters. The van der Waals surface area contributed by atoms with Gasteiger partial charge in [0.15, 0.2) is 0 Å². The molecule has 0 saturated heterocycles. The van der Waals surface area contributed by atoms with Gasteiger partial charge < -0.3 is 20.3 Å². The third kappa shape index (κ3) is 3.62. The van der Waals surface area contributed by atoms with Crippen LogP contribution in [0.2, 0.25) is 0 Å². The number of benzene rings is 1. The van der Waals surface area contributed by atoms with Crippen LogP contribution in [0.3, 0.4) is 0 Å². The van der Waals surface area contributed by atoms with Crippen molar-refractivity contribution < 1.29 is 14.6 Å². The van der Waals surface area contributed by atoms with Crippen molar-refractivity contribution in [1.82, 2.24) is 0 Å². The second kappa shape index (κ2) is 7.24. The minimum Gasteiger partial charge on any atom is -0.497 e. The number of rotatable bonds is 7. The van der Waals surface area contributed by atoms with Crippen molar-refractivity contribution in [2.75, 3.05) is 27.4 Å². The molecule has 2 atom stereocenters. The van der Waals surface area contributed by atoms with E-state index in [0.29, 0.717) is 6.54 Å².